The van der Waals surface area contributed by atoms with Crippen LogP contribution in [-0.2, 0) is 28.5 Å². The van der Waals surface area contributed by atoms with Crippen LogP contribution in [0.15, 0.2) is 0 Å². The summed E-state index contributed by atoms with van der Waals surface area (Å²) in [7, 11) is 1.51. The number of carbonyl (C=O) groups is 2. The van der Waals surface area contributed by atoms with E-state index in [0.29, 0.717) is 6.61 Å². The standard InChI is InChI=1S/C10H16O6/c1-6(11)14-5-9-10(16-7(2)12)8(13-3)4-15-9/h8-10H,4-5H2,1-3H3/t8-,9-,10+/m1/s1. The normalized spacial score (nSPS) is 28.8. The molecule has 92 valence electrons. The molecule has 0 amide bonds. The molecule has 1 heterocycles. The third kappa shape index (κ3) is 3.46. The zero-order chi connectivity index (χ0) is 12.1. The number of ether oxygens (including phenoxy) is 4. The summed E-state index contributed by atoms with van der Waals surface area (Å²) >= 11 is 0. The van der Waals surface area contributed by atoms with Crippen LogP contribution in [0.4, 0.5) is 0 Å². The molecule has 0 aromatic heterocycles. The Labute approximate surface area is 93.8 Å². The van der Waals surface area contributed by atoms with E-state index in [1.165, 1.54) is 21.0 Å². The smallest absolute Gasteiger partial charge is 0.303 e. The van der Waals surface area contributed by atoms with Gasteiger partial charge >= 0.3 is 11.9 Å². The Kier molecular flexibility index (Phi) is 4.70. The van der Waals surface area contributed by atoms with Crippen LogP contribution >= 0.6 is 0 Å². The molecular formula is C10H16O6. The van der Waals surface area contributed by atoms with Gasteiger partial charge in [-0.3, -0.25) is 9.59 Å². The highest BCUT2D eigenvalue weighted by Crippen LogP contribution is 2.20. The molecule has 6 nitrogen and oxygen atoms in total. The summed E-state index contributed by atoms with van der Waals surface area (Å²) in [6, 6.07) is 0. The van der Waals surface area contributed by atoms with Crippen molar-refractivity contribution in [2.45, 2.75) is 32.2 Å². The molecule has 1 saturated heterocycles. The first-order valence-electron chi connectivity index (χ1n) is 4.99. The molecule has 0 aromatic carbocycles. The summed E-state index contributed by atoms with van der Waals surface area (Å²) in [5, 5.41) is 0. The topological polar surface area (TPSA) is 71.1 Å². The van der Waals surface area contributed by atoms with Gasteiger partial charge in [-0.1, -0.05) is 0 Å². The molecule has 16 heavy (non-hydrogen) atoms. The Bertz CT molecular complexity index is 264. The third-order valence-corrected chi connectivity index (χ3v) is 2.26. The maximum atomic E-state index is 10.9. The van der Waals surface area contributed by atoms with Crippen LogP contribution in [0.2, 0.25) is 0 Å². The van der Waals surface area contributed by atoms with Gasteiger partial charge in [0.25, 0.3) is 0 Å². The van der Waals surface area contributed by atoms with E-state index in [0.717, 1.165) is 0 Å². The maximum absolute atomic E-state index is 10.9. The van der Waals surface area contributed by atoms with Gasteiger partial charge in [0.1, 0.15) is 18.8 Å². The van der Waals surface area contributed by atoms with Gasteiger partial charge < -0.3 is 18.9 Å². The first-order chi connectivity index (χ1) is 7.54. The number of methoxy groups -OCH3 is 1. The van der Waals surface area contributed by atoms with E-state index in [1.54, 1.807) is 0 Å². The van der Waals surface area contributed by atoms with E-state index < -0.39 is 24.1 Å². The van der Waals surface area contributed by atoms with E-state index in [9.17, 15) is 9.59 Å². The Balaban J connectivity index is 2.54. The van der Waals surface area contributed by atoms with Gasteiger partial charge in [0, 0.05) is 21.0 Å². The van der Waals surface area contributed by atoms with Crippen LogP contribution in [-0.4, -0.2) is 50.6 Å². The molecule has 1 aliphatic heterocycles. The highest BCUT2D eigenvalue weighted by molar-refractivity contribution is 5.66. The number of hydrogen-bond acceptors (Lipinski definition) is 6. The van der Waals surface area contributed by atoms with Crippen molar-refractivity contribution in [3.05, 3.63) is 0 Å². The van der Waals surface area contributed by atoms with Gasteiger partial charge in [0.2, 0.25) is 0 Å². The Morgan fingerprint density at radius 3 is 2.50 bits per heavy atom. The van der Waals surface area contributed by atoms with E-state index in [-0.39, 0.29) is 12.7 Å². The van der Waals surface area contributed by atoms with Crippen LogP contribution in [0.25, 0.3) is 0 Å². The van der Waals surface area contributed by atoms with Crippen LogP contribution in [0.5, 0.6) is 0 Å². The number of esters is 2. The highest BCUT2D eigenvalue weighted by atomic mass is 16.6. The van der Waals surface area contributed by atoms with Crippen molar-refractivity contribution < 1.29 is 28.5 Å². The summed E-state index contributed by atoms with van der Waals surface area (Å²) < 4.78 is 20.4. The molecule has 0 aromatic rings. The lowest BCUT2D eigenvalue weighted by Crippen LogP contribution is -2.38. The molecule has 0 spiro atoms. The fourth-order valence-electron chi connectivity index (χ4n) is 1.54. The summed E-state index contributed by atoms with van der Waals surface area (Å²) in [4.78, 5) is 21.6. The van der Waals surface area contributed by atoms with Crippen molar-refractivity contribution in [1.82, 2.24) is 0 Å². The van der Waals surface area contributed by atoms with Crippen molar-refractivity contribution in [2.24, 2.45) is 0 Å². The van der Waals surface area contributed by atoms with E-state index in [1.807, 2.05) is 0 Å². The van der Waals surface area contributed by atoms with Crippen LogP contribution < -0.4 is 0 Å². The molecule has 0 radical (unpaired) electrons. The molecule has 6 heteroatoms. The van der Waals surface area contributed by atoms with Gasteiger partial charge in [0.15, 0.2) is 6.10 Å². The van der Waals surface area contributed by atoms with Gasteiger partial charge in [-0.25, -0.2) is 0 Å². The highest BCUT2D eigenvalue weighted by Gasteiger charge is 2.40. The minimum Gasteiger partial charge on any atom is -0.463 e. The van der Waals surface area contributed by atoms with E-state index >= 15 is 0 Å². The average Bonchev–Trinajstić information content (AvgIpc) is 2.56. The Hall–Kier alpha value is -1.14. The molecular weight excluding hydrogens is 216 g/mol. The molecule has 0 saturated carbocycles. The predicted octanol–water partition coefficient (Wildman–Crippen LogP) is -0.105. The fourth-order valence-corrected chi connectivity index (χ4v) is 1.54. The van der Waals surface area contributed by atoms with Crippen LogP contribution in [0, 0.1) is 0 Å². The van der Waals surface area contributed by atoms with Crippen molar-refractivity contribution in [1.29, 1.82) is 0 Å². The van der Waals surface area contributed by atoms with Crippen molar-refractivity contribution in [3.63, 3.8) is 0 Å². The van der Waals surface area contributed by atoms with Gasteiger partial charge in [-0.05, 0) is 0 Å². The van der Waals surface area contributed by atoms with E-state index in [2.05, 4.69) is 0 Å². The molecule has 0 N–H and O–H groups in total. The summed E-state index contributed by atoms with van der Waals surface area (Å²) in [6.07, 6.45) is -1.30. The van der Waals surface area contributed by atoms with Gasteiger partial charge in [0.05, 0.1) is 6.61 Å². The van der Waals surface area contributed by atoms with Gasteiger partial charge in [-0.2, -0.15) is 0 Å². The van der Waals surface area contributed by atoms with Crippen LogP contribution in [0.3, 0.4) is 0 Å². The van der Waals surface area contributed by atoms with Crippen molar-refractivity contribution >= 4 is 11.9 Å². The third-order valence-electron chi connectivity index (χ3n) is 2.26. The summed E-state index contributed by atoms with van der Waals surface area (Å²) in [5.41, 5.74) is 0. The first kappa shape index (κ1) is 12.9. The molecule has 0 aliphatic carbocycles. The molecule has 3 atom stereocenters. The average molecular weight is 232 g/mol. The second-order valence-corrected chi connectivity index (χ2v) is 3.52. The second-order valence-electron chi connectivity index (χ2n) is 3.52. The fraction of sp³-hybridized carbons (Fsp3) is 0.800. The molecule has 1 fully saturated rings. The SMILES string of the molecule is CO[C@@H]1CO[C@H](COC(C)=O)[C@H]1OC(C)=O. The lowest BCUT2D eigenvalue weighted by molar-refractivity contribution is -0.157. The van der Waals surface area contributed by atoms with Gasteiger partial charge in [-0.15, -0.1) is 0 Å². The van der Waals surface area contributed by atoms with Crippen LogP contribution in [0.1, 0.15) is 13.8 Å². The van der Waals surface area contributed by atoms with Crippen molar-refractivity contribution in [2.75, 3.05) is 20.3 Å². The second kappa shape index (κ2) is 5.81. The Morgan fingerprint density at radius 1 is 1.31 bits per heavy atom. The van der Waals surface area contributed by atoms with E-state index in [4.69, 9.17) is 18.9 Å². The Morgan fingerprint density at radius 2 is 2.00 bits per heavy atom. The number of carbonyl (C=O) groups excluding carboxylic acids is 2. The monoisotopic (exact) mass is 232 g/mol. The molecule has 1 rings (SSSR count). The lowest BCUT2D eigenvalue weighted by atomic mass is 10.1. The number of rotatable bonds is 4. The summed E-state index contributed by atoms with van der Waals surface area (Å²) in [5.74, 6) is -0.809. The zero-order valence-corrected chi connectivity index (χ0v) is 9.60. The first-order valence-corrected chi connectivity index (χ1v) is 4.99. The predicted molar refractivity (Wildman–Crippen MR) is 52.7 cm³/mol. The minimum atomic E-state index is -0.526. The molecule has 0 unspecified atom stereocenters. The zero-order valence-electron chi connectivity index (χ0n) is 9.60. The largest absolute Gasteiger partial charge is 0.463 e. The quantitative estimate of drug-likeness (QED) is 0.630. The molecule has 1 aliphatic rings. The minimum absolute atomic E-state index is 0.0626. The molecule has 0 bridgehead atoms. The number of hydrogen-bond donors (Lipinski definition) is 0. The lowest BCUT2D eigenvalue weighted by Gasteiger charge is -2.21. The summed E-state index contributed by atoms with van der Waals surface area (Å²) in [6.45, 7) is 3.01. The maximum Gasteiger partial charge on any atom is 0.303 e. The van der Waals surface area contributed by atoms with Crippen molar-refractivity contribution in [3.8, 4) is 0 Å².